The van der Waals surface area contributed by atoms with Gasteiger partial charge in [0.25, 0.3) is 0 Å². The molecular formula is C11H10F12N2O. The maximum atomic E-state index is 13.8. The summed E-state index contributed by atoms with van der Waals surface area (Å²) < 4.78 is 157. The Morgan fingerprint density at radius 2 is 1.08 bits per heavy atom. The third-order valence-corrected chi connectivity index (χ3v) is 3.35. The van der Waals surface area contributed by atoms with Gasteiger partial charge in [0, 0.05) is 26.2 Å². The molecule has 1 saturated heterocycles. The van der Waals surface area contributed by atoms with Crippen LogP contribution in [-0.2, 0) is 4.74 Å². The molecule has 15 heteroatoms. The molecule has 154 valence electrons. The fraction of sp³-hybridized carbons (Fsp3) is 0.818. The van der Waals surface area contributed by atoms with Gasteiger partial charge in [-0.15, -0.1) is 0 Å². The van der Waals surface area contributed by atoms with Crippen molar-refractivity contribution in [3.63, 3.8) is 0 Å². The summed E-state index contributed by atoms with van der Waals surface area (Å²) in [6.07, 6.45) is -17.0. The zero-order valence-electron chi connectivity index (χ0n) is 12.4. The standard InChI is InChI=1S/C11H10F12N2O/c1-6(7(12,13)14)26-10(19,20)8(15,16)9(17,18)24-2-4-25(5-3-24)11(21,22)23/h1-5H2. The predicted molar refractivity (Wildman–Crippen MR) is 60.3 cm³/mol. The lowest BCUT2D eigenvalue weighted by Crippen LogP contribution is -2.66. The molecule has 0 saturated carbocycles. The number of hydrogen-bond acceptors (Lipinski definition) is 3. The maximum Gasteiger partial charge on any atom is 0.472 e. The van der Waals surface area contributed by atoms with Crippen molar-refractivity contribution in [2.24, 2.45) is 0 Å². The van der Waals surface area contributed by atoms with Crippen molar-refractivity contribution in [2.75, 3.05) is 26.2 Å². The van der Waals surface area contributed by atoms with Crippen LogP contribution in [0.2, 0.25) is 0 Å². The van der Waals surface area contributed by atoms with Gasteiger partial charge in [-0.05, 0) is 0 Å². The summed E-state index contributed by atoms with van der Waals surface area (Å²) in [5, 5.41) is 0. The highest BCUT2D eigenvalue weighted by Gasteiger charge is 2.77. The molecule has 1 rings (SSSR count). The number of nitrogens with zero attached hydrogens (tertiary/aromatic N) is 2. The smallest absolute Gasteiger partial charge is 0.423 e. The van der Waals surface area contributed by atoms with E-state index in [0.717, 1.165) is 0 Å². The summed E-state index contributed by atoms with van der Waals surface area (Å²) in [7, 11) is 0. The number of alkyl halides is 12. The van der Waals surface area contributed by atoms with Crippen LogP contribution in [0.3, 0.4) is 0 Å². The average Bonchev–Trinajstić information content (AvgIpc) is 2.44. The number of hydrogen-bond donors (Lipinski definition) is 0. The van der Waals surface area contributed by atoms with Gasteiger partial charge in [-0.2, -0.15) is 52.7 Å². The van der Waals surface area contributed by atoms with Crippen molar-refractivity contribution in [1.29, 1.82) is 0 Å². The topological polar surface area (TPSA) is 15.7 Å². The third kappa shape index (κ3) is 4.29. The van der Waals surface area contributed by atoms with Crippen LogP contribution in [0.25, 0.3) is 0 Å². The number of rotatable bonds is 5. The van der Waals surface area contributed by atoms with Crippen LogP contribution in [0, 0.1) is 0 Å². The molecular weight excluding hydrogens is 404 g/mol. The van der Waals surface area contributed by atoms with Crippen LogP contribution >= 0.6 is 0 Å². The van der Waals surface area contributed by atoms with E-state index >= 15 is 0 Å². The lowest BCUT2D eigenvalue weighted by atomic mass is 10.2. The summed E-state index contributed by atoms with van der Waals surface area (Å²) in [4.78, 5) is -1.01. The molecule has 1 aliphatic heterocycles. The monoisotopic (exact) mass is 414 g/mol. The largest absolute Gasteiger partial charge is 0.472 e. The molecule has 1 fully saturated rings. The Labute approximate surface area is 137 Å². The Morgan fingerprint density at radius 1 is 0.692 bits per heavy atom. The zero-order valence-corrected chi connectivity index (χ0v) is 12.4. The summed E-state index contributed by atoms with van der Waals surface area (Å²) in [5.41, 5.74) is 0. The summed E-state index contributed by atoms with van der Waals surface area (Å²) >= 11 is 0. The molecule has 0 atom stereocenters. The highest BCUT2D eigenvalue weighted by molar-refractivity contribution is 4.99. The molecule has 26 heavy (non-hydrogen) atoms. The first-order valence-electron chi connectivity index (χ1n) is 6.49. The first-order chi connectivity index (χ1) is 11.3. The highest BCUT2D eigenvalue weighted by Crippen LogP contribution is 2.50. The quantitative estimate of drug-likeness (QED) is 0.384. The molecule has 0 unspecified atom stereocenters. The van der Waals surface area contributed by atoms with E-state index in [0.29, 0.717) is 0 Å². The van der Waals surface area contributed by atoms with Gasteiger partial charge < -0.3 is 4.74 Å². The molecule has 0 aliphatic carbocycles. The van der Waals surface area contributed by atoms with Gasteiger partial charge in [0.2, 0.25) is 0 Å². The normalized spacial score (nSPS) is 19.5. The summed E-state index contributed by atoms with van der Waals surface area (Å²) in [6.45, 7) is -3.38. The van der Waals surface area contributed by atoms with Crippen molar-refractivity contribution in [2.45, 2.75) is 30.6 Å². The fourth-order valence-electron chi connectivity index (χ4n) is 1.89. The van der Waals surface area contributed by atoms with Crippen LogP contribution in [0.4, 0.5) is 52.7 Å². The molecule has 0 radical (unpaired) electrons. The van der Waals surface area contributed by atoms with E-state index in [4.69, 9.17) is 0 Å². The predicted octanol–water partition coefficient (Wildman–Crippen LogP) is 4.04. The van der Waals surface area contributed by atoms with Crippen LogP contribution in [-0.4, -0.2) is 66.5 Å². The number of ether oxygens (including phenoxy) is 1. The number of piperazine rings is 1. The molecule has 0 aromatic heterocycles. The zero-order chi connectivity index (χ0) is 20.8. The Balaban J connectivity index is 2.97. The van der Waals surface area contributed by atoms with E-state index in [9.17, 15) is 52.7 Å². The van der Waals surface area contributed by atoms with Gasteiger partial charge in [-0.3, -0.25) is 0 Å². The average molecular weight is 414 g/mol. The molecule has 1 aliphatic rings. The molecule has 0 aromatic carbocycles. The number of allylic oxidation sites excluding steroid dienone is 1. The van der Waals surface area contributed by atoms with Gasteiger partial charge in [-0.1, -0.05) is 6.58 Å². The molecule has 0 spiro atoms. The van der Waals surface area contributed by atoms with Crippen molar-refractivity contribution < 1.29 is 57.4 Å². The lowest BCUT2D eigenvalue weighted by molar-refractivity contribution is -0.423. The van der Waals surface area contributed by atoms with Crippen LogP contribution in [0.5, 0.6) is 0 Å². The Kier molecular flexibility index (Phi) is 5.80. The first-order valence-corrected chi connectivity index (χ1v) is 6.49. The second-order valence-electron chi connectivity index (χ2n) is 5.10. The summed E-state index contributed by atoms with van der Waals surface area (Å²) in [5.74, 6) is -9.35. The second kappa shape index (κ2) is 6.65. The molecule has 3 nitrogen and oxygen atoms in total. The van der Waals surface area contributed by atoms with Crippen molar-refractivity contribution in [3.05, 3.63) is 12.3 Å². The van der Waals surface area contributed by atoms with E-state index in [1.54, 1.807) is 0 Å². The minimum Gasteiger partial charge on any atom is -0.423 e. The van der Waals surface area contributed by atoms with E-state index in [1.807, 2.05) is 6.58 Å². The third-order valence-electron chi connectivity index (χ3n) is 3.35. The Bertz CT molecular complexity index is 518. The van der Waals surface area contributed by atoms with E-state index in [2.05, 4.69) is 4.74 Å². The molecule has 0 bridgehead atoms. The van der Waals surface area contributed by atoms with E-state index in [1.165, 1.54) is 0 Å². The first kappa shape index (κ1) is 22.7. The highest BCUT2D eigenvalue weighted by atomic mass is 19.4. The van der Waals surface area contributed by atoms with E-state index in [-0.39, 0.29) is 4.90 Å². The SMILES string of the molecule is C=C(OC(F)(F)C(F)(F)C(F)(F)N1CCN(C(F)(F)F)CC1)C(F)(F)F. The van der Waals surface area contributed by atoms with Gasteiger partial charge >= 0.3 is 30.6 Å². The lowest BCUT2D eigenvalue weighted by Gasteiger charge is -2.42. The Morgan fingerprint density at radius 3 is 1.42 bits per heavy atom. The minimum absolute atomic E-state index is 0.322. The molecule has 1 heterocycles. The van der Waals surface area contributed by atoms with Crippen LogP contribution in [0.15, 0.2) is 12.3 Å². The maximum absolute atomic E-state index is 13.8. The second-order valence-corrected chi connectivity index (χ2v) is 5.10. The molecule has 0 N–H and O–H groups in total. The van der Waals surface area contributed by atoms with Crippen molar-refractivity contribution >= 4 is 0 Å². The Hall–Kier alpha value is -1.38. The van der Waals surface area contributed by atoms with Gasteiger partial charge in [-0.25, -0.2) is 9.80 Å². The van der Waals surface area contributed by atoms with Crippen LogP contribution < -0.4 is 0 Å². The summed E-state index contributed by atoms with van der Waals surface area (Å²) in [6, 6.07) is -5.81. The van der Waals surface area contributed by atoms with Gasteiger partial charge in [0.15, 0.2) is 5.76 Å². The fourth-order valence-corrected chi connectivity index (χ4v) is 1.89. The number of halogens is 12. The van der Waals surface area contributed by atoms with Crippen molar-refractivity contribution in [1.82, 2.24) is 9.80 Å². The molecule has 0 amide bonds. The van der Waals surface area contributed by atoms with E-state index < -0.39 is 67.4 Å². The van der Waals surface area contributed by atoms with Crippen LogP contribution in [0.1, 0.15) is 0 Å². The minimum atomic E-state index is -6.51. The van der Waals surface area contributed by atoms with Crippen molar-refractivity contribution in [3.8, 4) is 0 Å². The van der Waals surface area contributed by atoms with Gasteiger partial charge in [0.1, 0.15) is 0 Å². The molecule has 0 aromatic rings. The van der Waals surface area contributed by atoms with Gasteiger partial charge in [0.05, 0.1) is 0 Å².